The van der Waals surface area contributed by atoms with E-state index in [-0.39, 0.29) is 5.56 Å². The first-order valence-electron chi connectivity index (χ1n) is 13.8. The smallest absolute Gasteiger partial charge is 0.143 e. The highest BCUT2D eigenvalue weighted by atomic mass is 19.1. The lowest BCUT2D eigenvalue weighted by Crippen LogP contribution is -1.93. The van der Waals surface area contributed by atoms with Crippen molar-refractivity contribution in [1.82, 2.24) is 0 Å². The van der Waals surface area contributed by atoms with E-state index in [2.05, 4.69) is 49.7 Å². The standard InChI is InChI=1S/C35H38F2/c1-3-5-6-7-8-9-10-11-13-29-16-20-30(21-17-29)22-23-32-26-34(36)33(35(37)27-32)25-24-31-18-14-28(12-4-2)15-19-31/h14-21,26-27H,3-13H2,1-2H3. The molecule has 0 atom stereocenters. The van der Waals surface area contributed by atoms with E-state index in [9.17, 15) is 8.78 Å². The van der Waals surface area contributed by atoms with Gasteiger partial charge in [-0.2, -0.15) is 0 Å². The lowest BCUT2D eigenvalue weighted by Gasteiger charge is -2.03. The predicted molar refractivity (Wildman–Crippen MR) is 152 cm³/mol. The summed E-state index contributed by atoms with van der Waals surface area (Å²) in [4.78, 5) is 0. The van der Waals surface area contributed by atoms with Crippen molar-refractivity contribution >= 4 is 0 Å². The zero-order valence-corrected chi connectivity index (χ0v) is 22.3. The predicted octanol–water partition coefficient (Wildman–Crippen LogP) is 9.40. The van der Waals surface area contributed by atoms with E-state index in [0.717, 1.165) is 30.4 Å². The Balaban J connectivity index is 1.54. The molecule has 3 aromatic rings. The van der Waals surface area contributed by atoms with Gasteiger partial charge < -0.3 is 0 Å². The van der Waals surface area contributed by atoms with Crippen molar-refractivity contribution in [2.45, 2.75) is 84.5 Å². The monoisotopic (exact) mass is 496 g/mol. The number of rotatable bonds is 11. The molecule has 0 aromatic heterocycles. The van der Waals surface area contributed by atoms with E-state index >= 15 is 0 Å². The van der Waals surface area contributed by atoms with Crippen molar-refractivity contribution in [3.05, 3.63) is 106 Å². The number of hydrogen-bond acceptors (Lipinski definition) is 0. The zero-order chi connectivity index (χ0) is 26.3. The van der Waals surface area contributed by atoms with Crippen LogP contribution >= 0.6 is 0 Å². The van der Waals surface area contributed by atoms with Crippen LogP contribution in [0.3, 0.4) is 0 Å². The molecule has 37 heavy (non-hydrogen) atoms. The van der Waals surface area contributed by atoms with Crippen molar-refractivity contribution in [2.24, 2.45) is 0 Å². The maximum absolute atomic E-state index is 14.6. The third kappa shape index (κ3) is 9.90. The topological polar surface area (TPSA) is 0 Å². The summed E-state index contributed by atoms with van der Waals surface area (Å²) in [6, 6.07) is 18.4. The average Bonchev–Trinajstić information content (AvgIpc) is 2.90. The maximum atomic E-state index is 14.6. The van der Waals surface area contributed by atoms with Crippen LogP contribution in [0.2, 0.25) is 0 Å². The first-order valence-corrected chi connectivity index (χ1v) is 13.8. The highest BCUT2D eigenvalue weighted by Crippen LogP contribution is 2.16. The first-order chi connectivity index (χ1) is 18.1. The zero-order valence-electron chi connectivity index (χ0n) is 22.3. The second-order valence-corrected chi connectivity index (χ2v) is 9.68. The van der Waals surface area contributed by atoms with E-state index in [4.69, 9.17) is 0 Å². The van der Waals surface area contributed by atoms with E-state index in [1.807, 2.05) is 36.4 Å². The first kappa shape index (κ1) is 28.2. The summed E-state index contributed by atoms with van der Waals surface area (Å²) < 4.78 is 29.2. The molecular formula is C35H38F2. The van der Waals surface area contributed by atoms with Gasteiger partial charge in [-0.25, -0.2) is 8.78 Å². The maximum Gasteiger partial charge on any atom is 0.143 e. The molecule has 0 bridgehead atoms. The van der Waals surface area contributed by atoms with Gasteiger partial charge in [0.2, 0.25) is 0 Å². The molecular weight excluding hydrogens is 458 g/mol. The van der Waals surface area contributed by atoms with E-state index < -0.39 is 11.6 Å². The van der Waals surface area contributed by atoms with Crippen LogP contribution in [0.25, 0.3) is 0 Å². The van der Waals surface area contributed by atoms with Gasteiger partial charge in [-0.15, -0.1) is 0 Å². The normalized spacial score (nSPS) is 10.4. The van der Waals surface area contributed by atoms with Gasteiger partial charge in [-0.1, -0.05) is 113 Å². The third-order valence-corrected chi connectivity index (χ3v) is 6.49. The Labute approximate surface area is 222 Å². The molecule has 0 aliphatic heterocycles. The molecule has 0 amide bonds. The van der Waals surface area contributed by atoms with Crippen molar-refractivity contribution in [3.8, 4) is 23.7 Å². The van der Waals surface area contributed by atoms with E-state index in [1.165, 1.54) is 74.6 Å². The van der Waals surface area contributed by atoms with Gasteiger partial charge in [0.25, 0.3) is 0 Å². The summed E-state index contributed by atoms with van der Waals surface area (Å²) in [7, 11) is 0. The van der Waals surface area contributed by atoms with Gasteiger partial charge in [0.05, 0.1) is 5.56 Å². The Kier molecular flexibility index (Phi) is 12.0. The van der Waals surface area contributed by atoms with Crippen LogP contribution < -0.4 is 0 Å². The summed E-state index contributed by atoms with van der Waals surface area (Å²) in [6.07, 6.45) is 13.7. The molecule has 0 unspecified atom stereocenters. The molecule has 0 N–H and O–H groups in total. The second kappa shape index (κ2) is 15.7. The molecule has 0 spiro atoms. The quantitative estimate of drug-likeness (QED) is 0.183. The van der Waals surface area contributed by atoms with Crippen LogP contribution in [-0.2, 0) is 12.8 Å². The molecule has 0 fully saturated rings. The van der Waals surface area contributed by atoms with Crippen LogP contribution in [0, 0.1) is 35.3 Å². The number of halogens is 2. The summed E-state index contributed by atoms with van der Waals surface area (Å²) in [5.74, 6) is 10.0. The van der Waals surface area contributed by atoms with Crippen LogP contribution in [0.1, 0.15) is 105 Å². The van der Waals surface area contributed by atoms with Crippen LogP contribution in [0.5, 0.6) is 0 Å². The minimum absolute atomic E-state index is 0.228. The molecule has 3 aromatic carbocycles. The molecule has 0 saturated carbocycles. The third-order valence-electron chi connectivity index (χ3n) is 6.49. The number of aryl methyl sites for hydroxylation is 2. The van der Waals surface area contributed by atoms with Gasteiger partial charge in [0, 0.05) is 16.7 Å². The highest BCUT2D eigenvalue weighted by Gasteiger charge is 2.08. The second-order valence-electron chi connectivity index (χ2n) is 9.68. The average molecular weight is 497 g/mol. The van der Waals surface area contributed by atoms with Crippen molar-refractivity contribution in [3.63, 3.8) is 0 Å². The minimum Gasteiger partial charge on any atom is -0.205 e. The highest BCUT2D eigenvalue weighted by molar-refractivity contribution is 5.49. The molecule has 0 nitrogen and oxygen atoms in total. The Bertz CT molecular complexity index is 1210. The van der Waals surface area contributed by atoms with Crippen molar-refractivity contribution in [1.29, 1.82) is 0 Å². The summed E-state index contributed by atoms with van der Waals surface area (Å²) >= 11 is 0. The van der Waals surface area contributed by atoms with Gasteiger partial charge >= 0.3 is 0 Å². The number of hydrogen-bond donors (Lipinski definition) is 0. The molecule has 0 saturated heterocycles. The molecule has 2 heteroatoms. The molecule has 0 heterocycles. The van der Waals surface area contributed by atoms with Crippen LogP contribution in [0.4, 0.5) is 8.78 Å². The SMILES string of the molecule is CCCCCCCCCCc1ccc(C#Cc2cc(F)c(C#Cc3ccc(CCC)cc3)c(F)c2)cc1. The largest absolute Gasteiger partial charge is 0.205 e. The summed E-state index contributed by atoms with van der Waals surface area (Å²) in [5.41, 5.74) is 4.16. The lowest BCUT2D eigenvalue weighted by molar-refractivity contribution is 0.575. The fourth-order valence-corrected chi connectivity index (χ4v) is 4.30. The summed E-state index contributed by atoms with van der Waals surface area (Å²) in [6.45, 7) is 4.38. The lowest BCUT2D eigenvalue weighted by atomic mass is 10.0. The Morgan fingerprint density at radius 2 is 0.946 bits per heavy atom. The van der Waals surface area contributed by atoms with Crippen molar-refractivity contribution in [2.75, 3.05) is 0 Å². The molecule has 0 radical (unpaired) electrons. The minimum atomic E-state index is -0.694. The van der Waals surface area contributed by atoms with Gasteiger partial charge in [0.1, 0.15) is 11.6 Å². The van der Waals surface area contributed by atoms with E-state index in [1.54, 1.807) is 0 Å². The van der Waals surface area contributed by atoms with Gasteiger partial charge in [-0.05, 0) is 66.8 Å². The Morgan fingerprint density at radius 1 is 0.486 bits per heavy atom. The summed E-state index contributed by atoms with van der Waals surface area (Å²) in [5, 5.41) is 0. The van der Waals surface area contributed by atoms with Crippen LogP contribution in [0.15, 0.2) is 60.7 Å². The van der Waals surface area contributed by atoms with Gasteiger partial charge in [0.15, 0.2) is 0 Å². The van der Waals surface area contributed by atoms with E-state index in [0.29, 0.717) is 5.56 Å². The molecule has 0 aliphatic carbocycles. The molecule has 3 rings (SSSR count). The fraction of sp³-hybridized carbons (Fsp3) is 0.371. The van der Waals surface area contributed by atoms with Gasteiger partial charge in [-0.3, -0.25) is 0 Å². The molecule has 192 valence electrons. The Hall–Kier alpha value is -3.36. The van der Waals surface area contributed by atoms with Crippen LogP contribution in [-0.4, -0.2) is 0 Å². The van der Waals surface area contributed by atoms with Crippen molar-refractivity contribution < 1.29 is 8.78 Å². The number of unbranched alkanes of at least 4 members (excludes halogenated alkanes) is 7. The Morgan fingerprint density at radius 3 is 1.49 bits per heavy atom. The molecule has 0 aliphatic rings. The fourth-order valence-electron chi connectivity index (χ4n) is 4.30. The number of benzene rings is 3.